The molecule has 0 fully saturated rings. The van der Waals surface area contributed by atoms with E-state index in [1.165, 1.54) is 0 Å². The van der Waals surface area contributed by atoms with E-state index < -0.39 is 35.7 Å². The molecule has 94 valence electrons. The van der Waals surface area contributed by atoms with Gasteiger partial charge in [0.15, 0.2) is 5.78 Å². The minimum absolute atomic E-state index is 0.573. The van der Waals surface area contributed by atoms with Gasteiger partial charge in [-0.2, -0.15) is 26.3 Å². The molecule has 1 aromatic rings. The molecule has 0 amide bonds. The fourth-order valence-electron chi connectivity index (χ4n) is 1.25. The number of Topliss-reactive ketones (excluding diaryl/α,β-unsaturated/α-hetero) is 1. The second kappa shape index (κ2) is 4.38. The largest absolute Gasteiger partial charge is 0.417 e. The Morgan fingerprint density at radius 3 is 2.00 bits per heavy atom. The van der Waals surface area contributed by atoms with Gasteiger partial charge in [0.05, 0.1) is 5.56 Å². The first-order chi connectivity index (χ1) is 7.61. The Hall–Kier alpha value is -1.53. The summed E-state index contributed by atoms with van der Waals surface area (Å²) in [7, 11) is 0. The van der Waals surface area contributed by atoms with Crippen LogP contribution in [0.2, 0.25) is 0 Å². The SMILES string of the molecule is O=C(CC(F)(F)F)c1ccccc1C(F)(F)F. The molecule has 7 heteroatoms. The maximum Gasteiger partial charge on any atom is 0.417 e. The summed E-state index contributed by atoms with van der Waals surface area (Å²) < 4.78 is 73.0. The molecule has 0 aliphatic heterocycles. The molecule has 0 aromatic heterocycles. The van der Waals surface area contributed by atoms with Gasteiger partial charge in [-0.3, -0.25) is 4.79 Å². The van der Waals surface area contributed by atoms with Gasteiger partial charge < -0.3 is 0 Å². The monoisotopic (exact) mass is 256 g/mol. The van der Waals surface area contributed by atoms with Crippen LogP contribution in [0.15, 0.2) is 24.3 Å². The molecule has 0 saturated heterocycles. The number of hydrogen-bond acceptors (Lipinski definition) is 1. The first-order valence-electron chi connectivity index (χ1n) is 4.37. The number of carbonyl (C=O) groups is 1. The molecular formula is C10H6F6O. The van der Waals surface area contributed by atoms with Gasteiger partial charge in [0.1, 0.15) is 6.42 Å². The van der Waals surface area contributed by atoms with Crippen molar-refractivity contribution < 1.29 is 31.1 Å². The van der Waals surface area contributed by atoms with Crippen LogP contribution < -0.4 is 0 Å². The van der Waals surface area contributed by atoms with Crippen molar-refractivity contribution in [2.45, 2.75) is 18.8 Å². The number of hydrogen-bond donors (Lipinski definition) is 0. The molecule has 17 heavy (non-hydrogen) atoms. The van der Waals surface area contributed by atoms with Crippen molar-refractivity contribution in [3.8, 4) is 0 Å². The van der Waals surface area contributed by atoms with E-state index in [0.29, 0.717) is 6.07 Å². The predicted octanol–water partition coefficient (Wildman–Crippen LogP) is 3.84. The number of ketones is 1. The summed E-state index contributed by atoms with van der Waals surface area (Å²) in [6, 6.07) is 3.40. The molecule has 0 saturated carbocycles. The van der Waals surface area contributed by atoms with Crippen LogP contribution in [0.3, 0.4) is 0 Å². The molecule has 1 aromatic carbocycles. The average molecular weight is 256 g/mol. The minimum atomic E-state index is -4.85. The topological polar surface area (TPSA) is 17.1 Å². The molecule has 1 nitrogen and oxygen atoms in total. The fraction of sp³-hybridized carbons (Fsp3) is 0.300. The zero-order valence-corrected chi connectivity index (χ0v) is 8.19. The first kappa shape index (κ1) is 13.5. The lowest BCUT2D eigenvalue weighted by molar-refractivity contribution is -0.139. The molecule has 1 rings (SSSR count). The molecule has 0 atom stereocenters. The average Bonchev–Trinajstić information content (AvgIpc) is 2.13. The van der Waals surface area contributed by atoms with Crippen LogP contribution in [-0.4, -0.2) is 12.0 Å². The Kier molecular flexibility index (Phi) is 3.49. The van der Waals surface area contributed by atoms with E-state index in [1.54, 1.807) is 0 Å². The number of carbonyl (C=O) groups excluding carboxylic acids is 1. The second-order valence-electron chi connectivity index (χ2n) is 3.26. The van der Waals surface area contributed by atoms with Gasteiger partial charge in [-0.05, 0) is 6.07 Å². The van der Waals surface area contributed by atoms with Gasteiger partial charge in [-0.25, -0.2) is 0 Å². The lowest BCUT2D eigenvalue weighted by Crippen LogP contribution is -2.19. The highest BCUT2D eigenvalue weighted by Crippen LogP contribution is 2.33. The third-order valence-electron chi connectivity index (χ3n) is 1.89. The van der Waals surface area contributed by atoms with E-state index in [-0.39, 0.29) is 0 Å². The highest BCUT2D eigenvalue weighted by atomic mass is 19.4. The predicted molar refractivity (Wildman–Crippen MR) is 46.4 cm³/mol. The molecule has 0 spiro atoms. The fourth-order valence-corrected chi connectivity index (χ4v) is 1.25. The molecule has 0 heterocycles. The standard InChI is InChI=1S/C10H6F6O/c11-9(12,13)5-8(17)6-3-1-2-4-7(6)10(14,15)16/h1-4H,5H2. The maximum atomic E-state index is 12.4. The summed E-state index contributed by atoms with van der Waals surface area (Å²) >= 11 is 0. The Morgan fingerprint density at radius 2 is 1.53 bits per heavy atom. The van der Waals surface area contributed by atoms with Crippen molar-refractivity contribution in [2.24, 2.45) is 0 Å². The van der Waals surface area contributed by atoms with Gasteiger partial charge in [-0.1, -0.05) is 18.2 Å². The molecular weight excluding hydrogens is 250 g/mol. The van der Waals surface area contributed by atoms with Crippen molar-refractivity contribution >= 4 is 5.78 Å². The van der Waals surface area contributed by atoms with E-state index in [2.05, 4.69) is 0 Å². The third kappa shape index (κ3) is 3.76. The molecule has 0 radical (unpaired) electrons. The van der Waals surface area contributed by atoms with E-state index in [0.717, 1.165) is 18.2 Å². The Balaban J connectivity index is 3.11. The first-order valence-corrected chi connectivity index (χ1v) is 4.37. The lowest BCUT2D eigenvalue weighted by atomic mass is 10.0. The number of rotatable bonds is 2. The van der Waals surface area contributed by atoms with E-state index in [4.69, 9.17) is 0 Å². The van der Waals surface area contributed by atoms with Crippen LogP contribution in [0.4, 0.5) is 26.3 Å². The zero-order valence-electron chi connectivity index (χ0n) is 8.19. The smallest absolute Gasteiger partial charge is 0.294 e. The summed E-state index contributed by atoms with van der Waals surface area (Å²) in [5, 5.41) is 0. The summed E-state index contributed by atoms with van der Waals surface area (Å²) in [4.78, 5) is 11.1. The molecule has 0 unspecified atom stereocenters. The van der Waals surface area contributed by atoms with Crippen LogP contribution in [0.5, 0.6) is 0 Å². The van der Waals surface area contributed by atoms with E-state index in [1.807, 2.05) is 0 Å². The van der Waals surface area contributed by atoms with Gasteiger partial charge in [0, 0.05) is 5.56 Å². The van der Waals surface area contributed by atoms with Crippen LogP contribution in [-0.2, 0) is 6.18 Å². The summed E-state index contributed by atoms with van der Waals surface area (Å²) in [5.41, 5.74) is -2.31. The van der Waals surface area contributed by atoms with Gasteiger partial charge in [-0.15, -0.1) is 0 Å². The van der Waals surface area contributed by atoms with Crippen molar-refractivity contribution in [1.29, 1.82) is 0 Å². The maximum absolute atomic E-state index is 12.4. The van der Waals surface area contributed by atoms with Crippen molar-refractivity contribution in [3.05, 3.63) is 35.4 Å². The number of halogens is 6. The molecule has 0 aliphatic carbocycles. The highest BCUT2D eigenvalue weighted by Gasteiger charge is 2.38. The normalized spacial score (nSPS) is 12.6. The van der Waals surface area contributed by atoms with Crippen LogP contribution >= 0.6 is 0 Å². The minimum Gasteiger partial charge on any atom is -0.294 e. The van der Waals surface area contributed by atoms with Crippen LogP contribution in [0, 0.1) is 0 Å². The Morgan fingerprint density at radius 1 is 1.00 bits per heavy atom. The van der Waals surface area contributed by atoms with Crippen LogP contribution in [0.1, 0.15) is 22.3 Å². The van der Waals surface area contributed by atoms with E-state index in [9.17, 15) is 31.1 Å². The summed E-state index contributed by atoms with van der Waals surface area (Å²) in [6.45, 7) is 0. The summed E-state index contributed by atoms with van der Waals surface area (Å²) in [6.07, 6.45) is -11.6. The van der Waals surface area contributed by atoms with Crippen molar-refractivity contribution in [3.63, 3.8) is 0 Å². The van der Waals surface area contributed by atoms with E-state index >= 15 is 0 Å². The van der Waals surface area contributed by atoms with Gasteiger partial charge in [0.2, 0.25) is 0 Å². The second-order valence-corrected chi connectivity index (χ2v) is 3.26. The molecule has 0 bridgehead atoms. The Labute approximate surface area is 92.0 Å². The number of benzene rings is 1. The summed E-state index contributed by atoms with van der Waals surface area (Å²) in [5.74, 6) is -1.59. The third-order valence-corrected chi connectivity index (χ3v) is 1.89. The lowest BCUT2D eigenvalue weighted by Gasteiger charge is -2.12. The quantitative estimate of drug-likeness (QED) is 0.580. The van der Waals surface area contributed by atoms with Crippen molar-refractivity contribution in [2.75, 3.05) is 0 Å². The Bertz CT molecular complexity index is 418. The zero-order chi connectivity index (χ0) is 13.3. The van der Waals surface area contributed by atoms with Gasteiger partial charge >= 0.3 is 12.4 Å². The van der Waals surface area contributed by atoms with Gasteiger partial charge in [0.25, 0.3) is 0 Å². The molecule has 0 aliphatic rings. The van der Waals surface area contributed by atoms with Crippen molar-refractivity contribution in [1.82, 2.24) is 0 Å². The van der Waals surface area contributed by atoms with Crippen LogP contribution in [0.25, 0.3) is 0 Å². The highest BCUT2D eigenvalue weighted by molar-refractivity contribution is 5.98. The number of alkyl halides is 6. The molecule has 0 N–H and O–H groups in total.